The molecule has 10 heavy (non-hydrogen) atoms. The Hall–Kier alpha value is -0.570. The zero-order chi connectivity index (χ0) is 7.35. The van der Waals surface area contributed by atoms with Gasteiger partial charge in [-0.1, -0.05) is 0 Å². The third kappa shape index (κ3) is 0.611. The van der Waals surface area contributed by atoms with Crippen LogP contribution in [0.1, 0.15) is 19.3 Å². The molecular formula is C7H11NO2. The summed E-state index contributed by atoms with van der Waals surface area (Å²) < 4.78 is 0. The molecule has 0 bridgehead atoms. The topological polar surface area (TPSA) is 63.3 Å². The molecular weight excluding hydrogens is 130 g/mol. The number of aliphatic carboxylic acids is 1. The normalized spacial score (nSPS) is 50.5. The Balaban J connectivity index is 1.90. The smallest absolute Gasteiger partial charge is 0.306 e. The van der Waals surface area contributed by atoms with E-state index in [9.17, 15) is 4.79 Å². The van der Waals surface area contributed by atoms with Crippen molar-refractivity contribution in [2.75, 3.05) is 0 Å². The fraction of sp³-hybridized carbons (Fsp3) is 0.857. The van der Waals surface area contributed by atoms with Crippen molar-refractivity contribution in [2.45, 2.75) is 25.3 Å². The van der Waals surface area contributed by atoms with Crippen LogP contribution in [0.3, 0.4) is 0 Å². The van der Waals surface area contributed by atoms with Gasteiger partial charge in [-0.25, -0.2) is 0 Å². The number of hydrogen-bond donors (Lipinski definition) is 2. The number of hydrogen-bond acceptors (Lipinski definition) is 2. The van der Waals surface area contributed by atoms with Crippen LogP contribution in [0.25, 0.3) is 0 Å². The van der Waals surface area contributed by atoms with E-state index in [4.69, 9.17) is 10.8 Å². The highest BCUT2D eigenvalue weighted by atomic mass is 16.4. The van der Waals surface area contributed by atoms with Crippen LogP contribution in [-0.4, -0.2) is 17.1 Å². The maximum Gasteiger partial charge on any atom is 0.306 e. The van der Waals surface area contributed by atoms with Gasteiger partial charge in [-0.15, -0.1) is 0 Å². The Morgan fingerprint density at radius 2 is 2.00 bits per heavy atom. The van der Waals surface area contributed by atoms with Crippen LogP contribution in [0.4, 0.5) is 0 Å². The highest BCUT2D eigenvalue weighted by Gasteiger charge is 2.61. The predicted molar refractivity (Wildman–Crippen MR) is 35.4 cm³/mol. The Morgan fingerprint density at radius 3 is 2.30 bits per heavy atom. The number of rotatable bonds is 1. The molecule has 3 N–H and O–H groups in total. The summed E-state index contributed by atoms with van der Waals surface area (Å²) in [6.07, 6.45) is 2.70. The number of carbonyl (C=O) groups is 1. The van der Waals surface area contributed by atoms with Crippen LogP contribution in [0.2, 0.25) is 0 Å². The molecule has 2 aliphatic carbocycles. The van der Waals surface area contributed by atoms with Gasteiger partial charge < -0.3 is 10.8 Å². The lowest BCUT2D eigenvalue weighted by Crippen LogP contribution is -2.35. The summed E-state index contributed by atoms with van der Waals surface area (Å²) in [4.78, 5) is 10.4. The van der Waals surface area contributed by atoms with Crippen LogP contribution < -0.4 is 5.73 Å². The van der Waals surface area contributed by atoms with E-state index >= 15 is 0 Å². The second-order valence-corrected chi connectivity index (χ2v) is 3.62. The van der Waals surface area contributed by atoms with Gasteiger partial charge in [-0.05, 0) is 24.7 Å². The van der Waals surface area contributed by atoms with E-state index in [0.717, 1.165) is 19.3 Å². The summed E-state index contributed by atoms with van der Waals surface area (Å²) in [7, 11) is 0. The van der Waals surface area contributed by atoms with E-state index in [1.165, 1.54) is 0 Å². The van der Waals surface area contributed by atoms with Crippen molar-refractivity contribution in [3.63, 3.8) is 0 Å². The molecule has 0 saturated heterocycles. The molecule has 0 aliphatic heterocycles. The molecule has 1 spiro atoms. The molecule has 2 aliphatic rings. The Bertz CT molecular complexity index is 184. The van der Waals surface area contributed by atoms with Crippen molar-refractivity contribution < 1.29 is 9.90 Å². The van der Waals surface area contributed by atoms with E-state index in [0.29, 0.717) is 6.04 Å². The first-order valence-corrected chi connectivity index (χ1v) is 3.62. The van der Waals surface area contributed by atoms with Crippen molar-refractivity contribution in [3.05, 3.63) is 0 Å². The van der Waals surface area contributed by atoms with Gasteiger partial charge in [0.05, 0.1) is 5.92 Å². The highest BCUT2D eigenvalue weighted by Crippen LogP contribution is 2.62. The van der Waals surface area contributed by atoms with Crippen molar-refractivity contribution in [1.29, 1.82) is 0 Å². The molecule has 2 rings (SSSR count). The maximum atomic E-state index is 10.4. The van der Waals surface area contributed by atoms with Crippen molar-refractivity contribution >= 4 is 5.97 Å². The van der Waals surface area contributed by atoms with Gasteiger partial charge in [0.25, 0.3) is 0 Å². The second kappa shape index (κ2) is 1.53. The lowest BCUT2D eigenvalue weighted by atomic mass is 9.71. The molecule has 3 nitrogen and oxygen atoms in total. The van der Waals surface area contributed by atoms with Gasteiger partial charge in [0.15, 0.2) is 0 Å². The lowest BCUT2D eigenvalue weighted by molar-refractivity contribution is -0.147. The highest BCUT2D eigenvalue weighted by molar-refractivity contribution is 5.71. The second-order valence-electron chi connectivity index (χ2n) is 3.62. The van der Waals surface area contributed by atoms with Gasteiger partial charge in [-0.2, -0.15) is 0 Å². The number of carboxylic acids is 1. The average molecular weight is 141 g/mol. The minimum Gasteiger partial charge on any atom is -0.481 e. The Labute approximate surface area is 59.2 Å². The molecule has 0 radical (unpaired) electrons. The van der Waals surface area contributed by atoms with Crippen LogP contribution >= 0.6 is 0 Å². The summed E-state index contributed by atoms with van der Waals surface area (Å²) in [5, 5.41) is 8.54. The van der Waals surface area contributed by atoms with Crippen LogP contribution in [0, 0.1) is 11.3 Å². The summed E-state index contributed by atoms with van der Waals surface area (Å²) in [6.45, 7) is 0. The number of nitrogens with two attached hydrogens (primary N) is 1. The molecule has 56 valence electrons. The minimum atomic E-state index is -0.648. The molecule has 2 saturated carbocycles. The summed E-state index contributed by atoms with van der Waals surface area (Å²) in [5.41, 5.74) is 5.91. The first kappa shape index (κ1) is 6.16. The summed E-state index contributed by atoms with van der Waals surface area (Å²) in [5.74, 6) is -0.738. The summed E-state index contributed by atoms with van der Waals surface area (Å²) in [6, 6.07) is 0.308. The van der Waals surface area contributed by atoms with Gasteiger partial charge in [-0.3, -0.25) is 4.79 Å². The van der Waals surface area contributed by atoms with Gasteiger partial charge >= 0.3 is 5.97 Å². The maximum absolute atomic E-state index is 10.4. The van der Waals surface area contributed by atoms with E-state index in [1.807, 2.05) is 0 Å². The zero-order valence-corrected chi connectivity index (χ0v) is 5.71. The van der Waals surface area contributed by atoms with Gasteiger partial charge in [0.2, 0.25) is 0 Å². The van der Waals surface area contributed by atoms with Gasteiger partial charge in [0, 0.05) is 6.04 Å². The lowest BCUT2D eigenvalue weighted by Gasteiger charge is -2.33. The van der Waals surface area contributed by atoms with Crippen LogP contribution in [-0.2, 0) is 4.79 Å². The molecule has 2 fully saturated rings. The fourth-order valence-corrected chi connectivity index (χ4v) is 1.94. The quantitative estimate of drug-likeness (QED) is 0.548. The average Bonchev–Trinajstić information content (AvgIpc) is 2.36. The van der Waals surface area contributed by atoms with Crippen molar-refractivity contribution in [3.8, 4) is 0 Å². The molecule has 0 aromatic carbocycles. The molecule has 0 amide bonds. The van der Waals surface area contributed by atoms with E-state index < -0.39 is 5.97 Å². The Morgan fingerprint density at radius 1 is 1.50 bits per heavy atom. The third-order valence-electron chi connectivity index (χ3n) is 2.91. The molecule has 1 unspecified atom stereocenters. The Kier molecular flexibility index (Phi) is 0.944. The first-order chi connectivity index (χ1) is 4.64. The zero-order valence-electron chi connectivity index (χ0n) is 5.71. The SMILES string of the molecule is NC1CC12CC(C(=O)O)C2. The first-order valence-electron chi connectivity index (χ1n) is 3.62. The minimum absolute atomic E-state index is 0.0893. The molecule has 0 aromatic rings. The standard InChI is InChI=1S/C7H11NO2/c8-5-3-7(5)1-4(2-7)6(9)10/h4-5H,1-3,8H2,(H,9,10). The van der Waals surface area contributed by atoms with Crippen LogP contribution in [0.15, 0.2) is 0 Å². The largest absolute Gasteiger partial charge is 0.481 e. The van der Waals surface area contributed by atoms with Crippen molar-refractivity contribution in [2.24, 2.45) is 17.1 Å². The molecule has 0 aromatic heterocycles. The molecule has 3 heteroatoms. The predicted octanol–water partition coefficient (Wildman–Crippen LogP) is 0.198. The number of carboxylic acid groups (broad SMARTS) is 1. The van der Waals surface area contributed by atoms with Crippen LogP contribution in [0.5, 0.6) is 0 Å². The van der Waals surface area contributed by atoms with Crippen molar-refractivity contribution in [1.82, 2.24) is 0 Å². The molecule has 0 heterocycles. The fourth-order valence-electron chi connectivity index (χ4n) is 1.94. The summed E-state index contributed by atoms with van der Waals surface area (Å²) >= 11 is 0. The van der Waals surface area contributed by atoms with E-state index in [1.54, 1.807) is 0 Å². The molecule has 1 atom stereocenters. The third-order valence-corrected chi connectivity index (χ3v) is 2.91. The monoisotopic (exact) mass is 141 g/mol. The van der Waals surface area contributed by atoms with E-state index in [-0.39, 0.29) is 11.3 Å². The van der Waals surface area contributed by atoms with E-state index in [2.05, 4.69) is 0 Å². The van der Waals surface area contributed by atoms with Gasteiger partial charge in [0.1, 0.15) is 0 Å².